The predicted octanol–water partition coefficient (Wildman–Crippen LogP) is 2.81. The Bertz CT molecular complexity index is 397. The first-order valence-corrected chi connectivity index (χ1v) is 5.17. The van der Waals surface area contributed by atoms with Gasteiger partial charge in [0.1, 0.15) is 6.61 Å². The first kappa shape index (κ1) is 9.40. The normalized spacial score (nSPS) is 10.4. The zero-order valence-corrected chi connectivity index (χ0v) is 8.46. The molecule has 2 rings (SSSR count). The van der Waals surface area contributed by atoms with E-state index < -0.39 is 0 Å². The van der Waals surface area contributed by atoms with E-state index in [-0.39, 0.29) is 0 Å². The third-order valence-electron chi connectivity index (χ3n) is 1.95. The Hall–Kier alpha value is -1.16. The Morgan fingerprint density at radius 1 is 1.07 bits per heavy atom. The number of hydrogen-bond acceptors (Lipinski definition) is 3. The number of nitrogens with two attached hydrogens (primary N) is 1. The second-order valence-electron chi connectivity index (χ2n) is 2.94. The minimum absolute atomic E-state index is 0.484. The van der Waals surface area contributed by atoms with Gasteiger partial charge in [-0.2, -0.15) is 0 Å². The van der Waals surface area contributed by atoms with Crippen LogP contribution in [-0.2, 0) is 11.4 Å². The fourth-order valence-corrected chi connectivity index (χ4v) is 2.23. The maximum Gasteiger partial charge on any atom is 0.102 e. The summed E-state index contributed by atoms with van der Waals surface area (Å²) in [6.45, 7) is 0.484. The van der Waals surface area contributed by atoms with E-state index in [4.69, 9.17) is 5.90 Å². The summed E-state index contributed by atoms with van der Waals surface area (Å²) in [6, 6.07) is 14.4. The Balaban J connectivity index is 2.25. The minimum atomic E-state index is 0.484. The van der Waals surface area contributed by atoms with Crippen molar-refractivity contribution in [1.82, 2.24) is 0 Å². The standard InChI is InChI=1S/C11H11NOS/c12-13-8-10-6-7-11(14-10)9-4-2-1-3-5-9/h1-7H,8,12H2. The van der Waals surface area contributed by atoms with Gasteiger partial charge in [-0.1, -0.05) is 30.3 Å². The molecule has 1 aromatic carbocycles. The lowest BCUT2D eigenvalue weighted by Gasteiger charge is -1.95. The van der Waals surface area contributed by atoms with Gasteiger partial charge < -0.3 is 0 Å². The fraction of sp³-hybridized carbons (Fsp3) is 0.0909. The van der Waals surface area contributed by atoms with E-state index in [0.29, 0.717) is 6.61 Å². The molecular formula is C11H11NOS. The molecule has 0 radical (unpaired) electrons. The highest BCUT2D eigenvalue weighted by Crippen LogP contribution is 2.27. The van der Waals surface area contributed by atoms with Crippen LogP contribution >= 0.6 is 11.3 Å². The van der Waals surface area contributed by atoms with Crippen molar-refractivity contribution in [3.8, 4) is 10.4 Å². The SMILES string of the molecule is NOCc1ccc(-c2ccccc2)s1. The third kappa shape index (κ3) is 2.01. The average molecular weight is 205 g/mol. The zero-order valence-electron chi connectivity index (χ0n) is 7.64. The van der Waals surface area contributed by atoms with Gasteiger partial charge in [0.05, 0.1) is 0 Å². The molecule has 0 bridgehead atoms. The van der Waals surface area contributed by atoms with Gasteiger partial charge >= 0.3 is 0 Å². The molecule has 0 amide bonds. The van der Waals surface area contributed by atoms with Crippen molar-refractivity contribution in [2.45, 2.75) is 6.61 Å². The maximum atomic E-state index is 5.02. The molecular weight excluding hydrogens is 194 g/mol. The molecule has 1 heterocycles. The quantitative estimate of drug-likeness (QED) is 0.782. The Kier molecular flexibility index (Phi) is 2.93. The van der Waals surface area contributed by atoms with Gasteiger partial charge in [0.25, 0.3) is 0 Å². The summed E-state index contributed by atoms with van der Waals surface area (Å²) in [6.07, 6.45) is 0. The van der Waals surface area contributed by atoms with Crippen molar-refractivity contribution in [3.05, 3.63) is 47.3 Å². The van der Waals surface area contributed by atoms with Crippen molar-refractivity contribution in [2.75, 3.05) is 0 Å². The van der Waals surface area contributed by atoms with E-state index in [1.54, 1.807) is 11.3 Å². The van der Waals surface area contributed by atoms with E-state index >= 15 is 0 Å². The molecule has 0 spiro atoms. The van der Waals surface area contributed by atoms with Crippen molar-refractivity contribution < 1.29 is 4.84 Å². The molecule has 0 atom stereocenters. The van der Waals surface area contributed by atoms with Gasteiger partial charge in [0, 0.05) is 9.75 Å². The van der Waals surface area contributed by atoms with Crippen molar-refractivity contribution in [1.29, 1.82) is 0 Å². The largest absolute Gasteiger partial charge is 0.299 e. The molecule has 0 aliphatic heterocycles. The lowest BCUT2D eigenvalue weighted by atomic mass is 10.2. The summed E-state index contributed by atoms with van der Waals surface area (Å²) in [7, 11) is 0. The summed E-state index contributed by atoms with van der Waals surface area (Å²) in [5.41, 5.74) is 1.24. The summed E-state index contributed by atoms with van der Waals surface area (Å²) < 4.78 is 0. The molecule has 0 aliphatic carbocycles. The molecule has 0 saturated heterocycles. The second-order valence-corrected chi connectivity index (χ2v) is 4.11. The van der Waals surface area contributed by atoms with Gasteiger partial charge in [-0.3, -0.25) is 4.84 Å². The molecule has 1 aromatic heterocycles. The van der Waals surface area contributed by atoms with Crippen molar-refractivity contribution in [3.63, 3.8) is 0 Å². The maximum absolute atomic E-state index is 5.02. The number of rotatable bonds is 3. The molecule has 0 aliphatic rings. The van der Waals surface area contributed by atoms with E-state index in [2.05, 4.69) is 23.0 Å². The fourth-order valence-electron chi connectivity index (χ4n) is 1.30. The lowest BCUT2D eigenvalue weighted by molar-refractivity contribution is 0.126. The molecule has 2 aromatic rings. The monoisotopic (exact) mass is 205 g/mol. The third-order valence-corrected chi connectivity index (χ3v) is 3.05. The molecule has 2 nitrogen and oxygen atoms in total. The van der Waals surface area contributed by atoms with Crippen LogP contribution in [0.25, 0.3) is 10.4 Å². The summed E-state index contributed by atoms with van der Waals surface area (Å²) in [4.78, 5) is 6.98. The predicted molar refractivity (Wildman–Crippen MR) is 58.7 cm³/mol. The average Bonchev–Trinajstić information content (AvgIpc) is 2.68. The lowest BCUT2D eigenvalue weighted by Crippen LogP contribution is -1.96. The highest BCUT2D eigenvalue weighted by Gasteiger charge is 2.01. The van der Waals surface area contributed by atoms with Gasteiger partial charge in [0.15, 0.2) is 0 Å². The van der Waals surface area contributed by atoms with E-state index in [1.165, 1.54) is 10.4 Å². The summed E-state index contributed by atoms with van der Waals surface area (Å²) in [5.74, 6) is 5.02. The first-order valence-electron chi connectivity index (χ1n) is 4.36. The smallest absolute Gasteiger partial charge is 0.102 e. The highest BCUT2D eigenvalue weighted by molar-refractivity contribution is 7.15. The van der Waals surface area contributed by atoms with E-state index in [1.807, 2.05) is 24.3 Å². The second kappa shape index (κ2) is 4.37. The number of benzene rings is 1. The molecule has 2 N–H and O–H groups in total. The highest BCUT2D eigenvalue weighted by atomic mass is 32.1. The van der Waals surface area contributed by atoms with Gasteiger partial charge in [-0.15, -0.1) is 11.3 Å². The van der Waals surface area contributed by atoms with Gasteiger partial charge in [-0.05, 0) is 17.7 Å². The van der Waals surface area contributed by atoms with Gasteiger partial charge in [0.2, 0.25) is 0 Å². The minimum Gasteiger partial charge on any atom is -0.299 e. The molecule has 14 heavy (non-hydrogen) atoms. The van der Waals surface area contributed by atoms with Crippen molar-refractivity contribution in [2.24, 2.45) is 5.90 Å². The van der Waals surface area contributed by atoms with Crippen LogP contribution in [0.4, 0.5) is 0 Å². The Morgan fingerprint density at radius 2 is 1.86 bits per heavy atom. The summed E-state index contributed by atoms with van der Waals surface area (Å²) in [5, 5.41) is 0. The van der Waals surface area contributed by atoms with Crippen LogP contribution in [0.3, 0.4) is 0 Å². The molecule has 0 saturated carbocycles. The topological polar surface area (TPSA) is 35.2 Å². The van der Waals surface area contributed by atoms with Crippen LogP contribution in [-0.4, -0.2) is 0 Å². The molecule has 72 valence electrons. The zero-order chi connectivity index (χ0) is 9.80. The van der Waals surface area contributed by atoms with Crippen LogP contribution in [0.15, 0.2) is 42.5 Å². The van der Waals surface area contributed by atoms with Crippen LogP contribution in [0.1, 0.15) is 4.88 Å². The summed E-state index contributed by atoms with van der Waals surface area (Å²) >= 11 is 1.71. The van der Waals surface area contributed by atoms with Crippen molar-refractivity contribution >= 4 is 11.3 Å². The van der Waals surface area contributed by atoms with E-state index in [9.17, 15) is 0 Å². The Labute approximate surface area is 86.9 Å². The van der Waals surface area contributed by atoms with Crippen LogP contribution in [0, 0.1) is 0 Å². The van der Waals surface area contributed by atoms with Crippen LogP contribution < -0.4 is 5.90 Å². The van der Waals surface area contributed by atoms with Gasteiger partial charge in [-0.25, -0.2) is 5.90 Å². The van der Waals surface area contributed by atoms with E-state index in [0.717, 1.165) is 4.88 Å². The molecule has 0 fully saturated rings. The van der Waals surface area contributed by atoms with Crippen LogP contribution in [0.2, 0.25) is 0 Å². The molecule has 0 unspecified atom stereocenters. The first-order chi connectivity index (χ1) is 6.90. The molecule has 3 heteroatoms. The Morgan fingerprint density at radius 3 is 2.57 bits per heavy atom. The number of thiophene rings is 1. The number of hydrogen-bond donors (Lipinski definition) is 1. The van der Waals surface area contributed by atoms with Crippen LogP contribution in [0.5, 0.6) is 0 Å².